The van der Waals surface area contributed by atoms with Crippen molar-refractivity contribution in [3.05, 3.63) is 87.9 Å². The van der Waals surface area contributed by atoms with Gasteiger partial charge in [-0.2, -0.15) is 0 Å². The van der Waals surface area contributed by atoms with Gasteiger partial charge in [-0.3, -0.25) is 14.5 Å². The van der Waals surface area contributed by atoms with Gasteiger partial charge in [0, 0.05) is 11.3 Å². The van der Waals surface area contributed by atoms with E-state index >= 15 is 0 Å². The quantitative estimate of drug-likeness (QED) is 0.304. The number of ketones is 1. The first-order valence-electron chi connectivity index (χ1n) is 10.3. The van der Waals surface area contributed by atoms with Crippen molar-refractivity contribution in [3.63, 3.8) is 0 Å². The number of aliphatic hydroxyl groups is 1. The van der Waals surface area contributed by atoms with E-state index in [0.29, 0.717) is 28.3 Å². The molecule has 0 aromatic heterocycles. The zero-order valence-electron chi connectivity index (χ0n) is 18.7. The molecule has 7 nitrogen and oxygen atoms in total. The van der Waals surface area contributed by atoms with Crippen LogP contribution in [-0.4, -0.2) is 36.1 Å². The number of phenols is 1. The number of amides is 1. The number of rotatable bonds is 5. The van der Waals surface area contributed by atoms with Gasteiger partial charge in [0.1, 0.15) is 23.0 Å². The third-order valence-electron chi connectivity index (χ3n) is 5.71. The molecule has 1 atom stereocenters. The Labute approximate surface area is 201 Å². The summed E-state index contributed by atoms with van der Waals surface area (Å²) in [6.45, 7) is 1.81. The van der Waals surface area contributed by atoms with Gasteiger partial charge in [0.25, 0.3) is 11.7 Å². The number of phenolic OH excluding ortho intramolecular Hbond substituents is 1. The summed E-state index contributed by atoms with van der Waals surface area (Å²) in [7, 11) is 3.01. The number of Topliss-reactive ketones (excluding diaryl/α,β-unsaturated/α-hetero) is 1. The summed E-state index contributed by atoms with van der Waals surface area (Å²) < 4.78 is 10.5. The van der Waals surface area contributed by atoms with E-state index in [9.17, 15) is 19.8 Å². The molecule has 4 rings (SSSR count). The van der Waals surface area contributed by atoms with Crippen LogP contribution >= 0.6 is 11.6 Å². The van der Waals surface area contributed by atoms with E-state index in [2.05, 4.69) is 0 Å². The summed E-state index contributed by atoms with van der Waals surface area (Å²) in [6.07, 6.45) is 0. The molecule has 1 aliphatic heterocycles. The van der Waals surface area contributed by atoms with Gasteiger partial charge in [-0.05, 0) is 66.6 Å². The Morgan fingerprint density at radius 1 is 0.971 bits per heavy atom. The Balaban J connectivity index is 1.94. The predicted molar refractivity (Wildman–Crippen MR) is 129 cm³/mol. The minimum atomic E-state index is -1.00. The molecule has 8 heteroatoms. The first kappa shape index (κ1) is 23.2. The molecule has 2 N–H and O–H groups in total. The maximum absolute atomic E-state index is 13.2. The molecule has 1 heterocycles. The number of halogens is 1. The number of benzene rings is 3. The van der Waals surface area contributed by atoms with Crippen molar-refractivity contribution in [2.75, 3.05) is 19.1 Å². The number of carbonyl (C=O) groups excluding carboxylic acids is 2. The zero-order valence-corrected chi connectivity index (χ0v) is 19.5. The van der Waals surface area contributed by atoms with E-state index in [-0.39, 0.29) is 22.1 Å². The highest BCUT2D eigenvalue weighted by Crippen LogP contribution is 2.44. The van der Waals surface area contributed by atoms with E-state index < -0.39 is 17.7 Å². The minimum absolute atomic E-state index is 0.0452. The SMILES string of the molecule is COc1ccc(/C(O)=C2\C(=O)C(=O)N(c3ccc(OC)c(Cl)c3)C2c2cccc(O)c2)cc1C. The van der Waals surface area contributed by atoms with Crippen LogP contribution in [0.4, 0.5) is 5.69 Å². The minimum Gasteiger partial charge on any atom is -0.508 e. The third kappa shape index (κ3) is 3.95. The van der Waals surface area contributed by atoms with Crippen LogP contribution in [0.25, 0.3) is 5.76 Å². The molecule has 1 amide bonds. The number of anilines is 1. The highest BCUT2D eigenvalue weighted by Gasteiger charge is 2.47. The highest BCUT2D eigenvalue weighted by molar-refractivity contribution is 6.51. The molecule has 1 fully saturated rings. The molecule has 3 aromatic carbocycles. The lowest BCUT2D eigenvalue weighted by Crippen LogP contribution is -2.29. The normalized spacial score (nSPS) is 17.2. The molecule has 0 radical (unpaired) electrons. The van der Waals surface area contributed by atoms with Gasteiger partial charge in [0.15, 0.2) is 0 Å². The first-order valence-corrected chi connectivity index (χ1v) is 10.7. The number of ether oxygens (including phenoxy) is 2. The number of carbonyl (C=O) groups is 2. The second kappa shape index (κ2) is 9.11. The van der Waals surface area contributed by atoms with Crippen molar-refractivity contribution >= 4 is 34.7 Å². The fourth-order valence-corrected chi connectivity index (χ4v) is 4.35. The molecule has 0 aliphatic carbocycles. The highest BCUT2D eigenvalue weighted by atomic mass is 35.5. The van der Waals surface area contributed by atoms with Crippen LogP contribution in [0.15, 0.2) is 66.2 Å². The summed E-state index contributed by atoms with van der Waals surface area (Å²) in [4.78, 5) is 27.7. The van der Waals surface area contributed by atoms with Crippen LogP contribution in [0.1, 0.15) is 22.7 Å². The van der Waals surface area contributed by atoms with Crippen molar-refractivity contribution in [3.8, 4) is 17.2 Å². The summed E-state index contributed by atoms with van der Waals surface area (Å²) in [6, 6.07) is 14.8. The Kier molecular flexibility index (Phi) is 6.22. The van der Waals surface area contributed by atoms with E-state index in [0.717, 1.165) is 5.56 Å². The molecule has 34 heavy (non-hydrogen) atoms. The monoisotopic (exact) mass is 479 g/mol. The topological polar surface area (TPSA) is 96.3 Å². The van der Waals surface area contributed by atoms with Gasteiger partial charge < -0.3 is 19.7 Å². The average Bonchev–Trinajstić information content (AvgIpc) is 3.09. The standard InChI is InChI=1S/C26H22ClNO6/c1-14-11-16(7-9-20(14)33-2)24(30)22-23(15-5-4-6-18(29)12-15)28(26(32)25(22)31)17-8-10-21(34-3)19(27)13-17/h4-13,23,29-30H,1-3H3/b24-22+. The number of aryl methyl sites for hydroxylation is 1. The number of hydrogen-bond donors (Lipinski definition) is 2. The smallest absolute Gasteiger partial charge is 0.300 e. The number of methoxy groups -OCH3 is 2. The summed E-state index contributed by atoms with van der Waals surface area (Å²) in [5, 5.41) is 21.6. The van der Waals surface area contributed by atoms with Gasteiger partial charge in [0.05, 0.1) is 30.9 Å². The Hall–Kier alpha value is -3.97. The third-order valence-corrected chi connectivity index (χ3v) is 6.01. The van der Waals surface area contributed by atoms with Crippen molar-refractivity contribution in [1.29, 1.82) is 0 Å². The second-order valence-corrected chi connectivity index (χ2v) is 8.17. The van der Waals surface area contributed by atoms with Crippen molar-refractivity contribution < 1.29 is 29.3 Å². The fourth-order valence-electron chi connectivity index (χ4n) is 4.10. The van der Waals surface area contributed by atoms with Gasteiger partial charge in [-0.15, -0.1) is 0 Å². The van der Waals surface area contributed by atoms with Crippen LogP contribution in [0.5, 0.6) is 17.2 Å². The van der Waals surface area contributed by atoms with E-state index in [4.69, 9.17) is 21.1 Å². The predicted octanol–water partition coefficient (Wildman–Crippen LogP) is 5.00. The van der Waals surface area contributed by atoms with Crippen LogP contribution in [0.3, 0.4) is 0 Å². The molecular formula is C26H22ClNO6. The molecule has 0 bridgehead atoms. The molecular weight excluding hydrogens is 458 g/mol. The Morgan fingerprint density at radius 3 is 2.29 bits per heavy atom. The summed E-state index contributed by atoms with van der Waals surface area (Å²) in [5.41, 5.74) is 1.78. The number of aromatic hydroxyl groups is 1. The van der Waals surface area contributed by atoms with E-state index in [1.807, 2.05) is 0 Å². The maximum atomic E-state index is 13.2. The maximum Gasteiger partial charge on any atom is 0.300 e. The van der Waals surface area contributed by atoms with E-state index in [1.54, 1.807) is 49.4 Å². The number of aliphatic hydroxyl groups excluding tert-OH is 1. The lowest BCUT2D eigenvalue weighted by Gasteiger charge is -2.26. The average molecular weight is 480 g/mol. The molecule has 0 saturated carbocycles. The van der Waals surface area contributed by atoms with Gasteiger partial charge in [0.2, 0.25) is 0 Å². The summed E-state index contributed by atoms with van der Waals surface area (Å²) in [5.74, 6) is -1.04. The molecule has 1 unspecified atom stereocenters. The number of hydrogen-bond acceptors (Lipinski definition) is 6. The largest absolute Gasteiger partial charge is 0.508 e. The first-order chi connectivity index (χ1) is 16.3. The van der Waals surface area contributed by atoms with Crippen LogP contribution < -0.4 is 14.4 Å². The molecule has 174 valence electrons. The van der Waals surface area contributed by atoms with Crippen LogP contribution in [0, 0.1) is 6.92 Å². The van der Waals surface area contributed by atoms with E-state index in [1.165, 1.54) is 37.3 Å². The van der Waals surface area contributed by atoms with Gasteiger partial charge in [-0.1, -0.05) is 23.7 Å². The van der Waals surface area contributed by atoms with Crippen molar-refractivity contribution in [2.24, 2.45) is 0 Å². The molecule has 3 aromatic rings. The zero-order chi connectivity index (χ0) is 24.6. The van der Waals surface area contributed by atoms with Gasteiger partial charge in [-0.25, -0.2) is 0 Å². The van der Waals surface area contributed by atoms with Crippen molar-refractivity contribution in [1.82, 2.24) is 0 Å². The lowest BCUT2D eigenvalue weighted by molar-refractivity contribution is -0.132. The van der Waals surface area contributed by atoms with Crippen LogP contribution in [0.2, 0.25) is 5.02 Å². The van der Waals surface area contributed by atoms with Gasteiger partial charge >= 0.3 is 0 Å². The van der Waals surface area contributed by atoms with Crippen LogP contribution in [-0.2, 0) is 9.59 Å². The molecule has 1 saturated heterocycles. The Bertz CT molecular complexity index is 1330. The fraction of sp³-hybridized carbons (Fsp3) is 0.154. The summed E-state index contributed by atoms with van der Waals surface area (Å²) >= 11 is 6.29. The molecule has 0 spiro atoms. The molecule has 1 aliphatic rings. The lowest BCUT2D eigenvalue weighted by atomic mass is 9.94. The Morgan fingerprint density at radius 2 is 1.68 bits per heavy atom. The van der Waals surface area contributed by atoms with Crippen molar-refractivity contribution in [2.45, 2.75) is 13.0 Å². The number of nitrogens with zero attached hydrogens (tertiary/aromatic N) is 1. The second-order valence-electron chi connectivity index (χ2n) is 7.77.